The fourth-order valence-electron chi connectivity index (χ4n) is 1.85. The molecule has 1 aliphatic heterocycles. The van der Waals surface area contributed by atoms with E-state index in [-0.39, 0.29) is 0 Å². The van der Waals surface area contributed by atoms with Gasteiger partial charge in [0, 0.05) is 26.2 Å². The Morgan fingerprint density at radius 2 is 2.20 bits per heavy atom. The molecule has 3 N–H and O–H groups in total. The van der Waals surface area contributed by atoms with Crippen molar-refractivity contribution < 1.29 is 14.6 Å². The largest absolute Gasteiger partial charge is 0.480 e. The van der Waals surface area contributed by atoms with Crippen LogP contribution in [0.15, 0.2) is 0 Å². The summed E-state index contributed by atoms with van der Waals surface area (Å²) >= 11 is 0. The number of likely N-dealkylation sites (tertiary alicyclic amines) is 1. The number of carboxylic acid groups (broad SMARTS) is 1. The quantitative estimate of drug-likeness (QED) is 0.671. The molecule has 0 aliphatic carbocycles. The maximum absolute atomic E-state index is 10.6. The first-order chi connectivity index (χ1) is 7.13. The average Bonchev–Trinajstić information content (AvgIpc) is 2.21. The van der Waals surface area contributed by atoms with Crippen molar-refractivity contribution in [3.05, 3.63) is 0 Å². The third-order valence-corrected chi connectivity index (χ3v) is 2.71. The molecule has 1 aliphatic rings. The summed E-state index contributed by atoms with van der Waals surface area (Å²) in [4.78, 5) is 12.7. The Balaban J connectivity index is 2.22. The van der Waals surface area contributed by atoms with Crippen molar-refractivity contribution in [3.63, 3.8) is 0 Å². The maximum Gasteiger partial charge on any atom is 0.321 e. The molecule has 1 rings (SSSR count). The normalized spacial score (nSPS) is 21.5. The van der Waals surface area contributed by atoms with Gasteiger partial charge in [0.2, 0.25) is 0 Å². The lowest BCUT2D eigenvalue weighted by Crippen LogP contribution is -2.46. The highest BCUT2D eigenvalue weighted by molar-refractivity contribution is 5.73. The summed E-state index contributed by atoms with van der Waals surface area (Å²) in [6.45, 7) is 4.94. The molecular weight excluding hydrogens is 196 g/mol. The van der Waals surface area contributed by atoms with Crippen molar-refractivity contribution in [2.24, 2.45) is 5.73 Å². The van der Waals surface area contributed by atoms with Crippen LogP contribution in [0, 0.1) is 0 Å². The molecule has 88 valence electrons. The average molecular weight is 216 g/mol. The lowest BCUT2D eigenvalue weighted by molar-refractivity contribution is -0.139. The molecule has 1 fully saturated rings. The van der Waals surface area contributed by atoms with E-state index < -0.39 is 12.0 Å². The second kappa shape index (κ2) is 6.05. The van der Waals surface area contributed by atoms with E-state index in [1.807, 2.05) is 6.92 Å². The zero-order valence-corrected chi connectivity index (χ0v) is 9.19. The van der Waals surface area contributed by atoms with Gasteiger partial charge in [0.05, 0.1) is 6.10 Å². The predicted molar refractivity (Wildman–Crippen MR) is 56.7 cm³/mol. The molecule has 15 heavy (non-hydrogen) atoms. The van der Waals surface area contributed by atoms with Crippen LogP contribution in [0.5, 0.6) is 0 Å². The SMILES string of the molecule is CCOC1CCN(CC(N)C(=O)O)CC1. The smallest absolute Gasteiger partial charge is 0.321 e. The van der Waals surface area contributed by atoms with Crippen LogP contribution in [-0.2, 0) is 9.53 Å². The lowest BCUT2D eigenvalue weighted by atomic mass is 10.1. The summed E-state index contributed by atoms with van der Waals surface area (Å²) in [5.41, 5.74) is 5.47. The van der Waals surface area contributed by atoms with E-state index >= 15 is 0 Å². The number of piperidine rings is 1. The van der Waals surface area contributed by atoms with E-state index in [0.29, 0.717) is 12.6 Å². The maximum atomic E-state index is 10.6. The zero-order valence-electron chi connectivity index (χ0n) is 9.19. The summed E-state index contributed by atoms with van der Waals surface area (Å²) in [6, 6.07) is -0.770. The number of rotatable bonds is 5. The molecule has 0 aromatic heterocycles. The fourth-order valence-corrected chi connectivity index (χ4v) is 1.85. The number of ether oxygens (including phenoxy) is 1. The monoisotopic (exact) mass is 216 g/mol. The minimum atomic E-state index is -0.929. The Bertz CT molecular complexity index is 203. The molecule has 5 nitrogen and oxygen atoms in total. The number of carbonyl (C=O) groups is 1. The van der Waals surface area contributed by atoms with Gasteiger partial charge in [0.15, 0.2) is 0 Å². The van der Waals surface area contributed by atoms with Crippen molar-refractivity contribution in [2.45, 2.75) is 31.9 Å². The molecule has 0 aromatic rings. The highest BCUT2D eigenvalue weighted by Crippen LogP contribution is 2.13. The molecule has 0 spiro atoms. The Kier molecular flexibility index (Phi) is 5.01. The van der Waals surface area contributed by atoms with E-state index in [0.717, 1.165) is 32.5 Å². The van der Waals surface area contributed by atoms with Crippen LogP contribution < -0.4 is 5.73 Å². The number of nitrogens with two attached hydrogens (primary N) is 1. The standard InChI is InChI=1S/C10H20N2O3/c1-2-15-8-3-5-12(6-4-8)7-9(11)10(13)14/h8-9H,2-7,11H2,1H3,(H,13,14). The number of aliphatic carboxylic acids is 1. The van der Waals surface area contributed by atoms with Gasteiger partial charge in [-0.3, -0.25) is 4.79 Å². The number of carboxylic acids is 1. The first-order valence-electron chi connectivity index (χ1n) is 5.45. The third-order valence-electron chi connectivity index (χ3n) is 2.71. The van der Waals surface area contributed by atoms with E-state index in [4.69, 9.17) is 15.6 Å². The van der Waals surface area contributed by atoms with Crippen LogP contribution in [0.4, 0.5) is 0 Å². The first kappa shape index (κ1) is 12.4. The van der Waals surface area contributed by atoms with Crippen molar-refractivity contribution in [3.8, 4) is 0 Å². The Morgan fingerprint density at radius 3 is 2.67 bits per heavy atom. The summed E-state index contributed by atoms with van der Waals surface area (Å²) in [5, 5.41) is 8.67. The fraction of sp³-hybridized carbons (Fsp3) is 0.900. The third kappa shape index (κ3) is 4.15. The van der Waals surface area contributed by atoms with Crippen molar-refractivity contribution in [1.29, 1.82) is 0 Å². The Hall–Kier alpha value is -0.650. The number of hydrogen-bond acceptors (Lipinski definition) is 4. The molecule has 0 amide bonds. The minimum Gasteiger partial charge on any atom is -0.480 e. The molecule has 1 atom stereocenters. The summed E-state index contributed by atoms with van der Waals surface area (Å²) < 4.78 is 5.51. The van der Waals surface area contributed by atoms with Gasteiger partial charge >= 0.3 is 5.97 Å². The molecule has 1 heterocycles. The van der Waals surface area contributed by atoms with Gasteiger partial charge in [-0.05, 0) is 19.8 Å². The molecule has 0 saturated carbocycles. The van der Waals surface area contributed by atoms with Crippen LogP contribution in [0.2, 0.25) is 0 Å². The van der Waals surface area contributed by atoms with Gasteiger partial charge in [-0.25, -0.2) is 0 Å². The summed E-state index contributed by atoms with van der Waals surface area (Å²) in [7, 11) is 0. The van der Waals surface area contributed by atoms with Crippen LogP contribution in [0.3, 0.4) is 0 Å². The second-order valence-electron chi connectivity index (χ2n) is 3.90. The zero-order chi connectivity index (χ0) is 11.3. The molecule has 0 radical (unpaired) electrons. The van der Waals surface area contributed by atoms with Crippen LogP contribution in [0.25, 0.3) is 0 Å². The van der Waals surface area contributed by atoms with Crippen molar-refractivity contribution in [1.82, 2.24) is 4.90 Å². The Labute approximate surface area is 90.2 Å². The van der Waals surface area contributed by atoms with Crippen molar-refractivity contribution in [2.75, 3.05) is 26.2 Å². The number of hydrogen-bond donors (Lipinski definition) is 2. The molecule has 0 aromatic carbocycles. The van der Waals surface area contributed by atoms with Crippen LogP contribution in [-0.4, -0.2) is 54.4 Å². The van der Waals surface area contributed by atoms with E-state index in [1.165, 1.54) is 0 Å². The topological polar surface area (TPSA) is 75.8 Å². The number of nitrogens with zero attached hydrogens (tertiary/aromatic N) is 1. The van der Waals surface area contributed by atoms with Gasteiger partial charge in [0.1, 0.15) is 6.04 Å². The second-order valence-corrected chi connectivity index (χ2v) is 3.90. The van der Waals surface area contributed by atoms with Crippen LogP contribution in [0.1, 0.15) is 19.8 Å². The molecular formula is C10H20N2O3. The lowest BCUT2D eigenvalue weighted by Gasteiger charge is -2.32. The molecule has 1 unspecified atom stereocenters. The summed E-state index contributed by atoms with van der Waals surface area (Å²) in [6.07, 6.45) is 2.28. The van der Waals surface area contributed by atoms with Gasteiger partial charge in [0.25, 0.3) is 0 Å². The van der Waals surface area contributed by atoms with E-state index in [1.54, 1.807) is 0 Å². The van der Waals surface area contributed by atoms with Crippen molar-refractivity contribution >= 4 is 5.97 Å². The van der Waals surface area contributed by atoms with Gasteiger partial charge < -0.3 is 20.5 Å². The first-order valence-corrected chi connectivity index (χ1v) is 5.45. The predicted octanol–water partition coefficient (Wildman–Crippen LogP) is -0.101. The highest BCUT2D eigenvalue weighted by atomic mass is 16.5. The van der Waals surface area contributed by atoms with Gasteiger partial charge in [-0.2, -0.15) is 0 Å². The van der Waals surface area contributed by atoms with Gasteiger partial charge in [-0.1, -0.05) is 0 Å². The van der Waals surface area contributed by atoms with Crippen LogP contribution >= 0.6 is 0 Å². The molecule has 0 bridgehead atoms. The minimum absolute atomic E-state index is 0.340. The Morgan fingerprint density at radius 1 is 1.60 bits per heavy atom. The highest BCUT2D eigenvalue weighted by Gasteiger charge is 2.22. The van der Waals surface area contributed by atoms with E-state index in [9.17, 15) is 4.79 Å². The van der Waals surface area contributed by atoms with Gasteiger partial charge in [-0.15, -0.1) is 0 Å². The molecule has 5 heteroatoms. The summed E-state index contributed by atoms with van der Waals surface area (Å²) in [5.74, 6) is -0.929. The van der Waals surface area contributed by atoms with E-state index in [2.05, 4.69) is 4.90 Å². The molecule has 1 saturated heterocycles.